The number of nitrogens with one attached hydrogen (secondary N) is 1. The molecule has 1 aromatic heterocycles. The predicted molar refractivity (Wildman–Crippen MR) is 84.2 cm³/mol. The van der Waals surface area contributed by atoms with Crippen molar-refractivity contribution in [2.45, 2.75) is 13.8 Å². The fraction of sp³-hybridized carbons (Fsp3) is 0.235. The average Bonchev–Trinajstić information content (AvgIpc) is 2.49. The molecule has 0 aliphatic heterocycles. The number of hydrogen-bond acceptors (Lipinski definition) is 2. The molecule has 3 rings (SSSR count). The fourth-order valence-electron chi connectivity index (χ4n) is 2.14. The van der Waals surface area contributed by atoms with Crippen LogP contribution in [0.25, 0.3) is 21.7 Å². The molecule has 2 aromatic carbocycles. The Hall–Kier alpha value is -2.13. The van der Waals surface area contributed by atoms with E-state index in [2.05, 4.69) is 4.98 Å². The molecule has 0 amide bonds. The lowest BCUT2D eigenvalue weighted by atomic mass is 10.1. The zero-order chi connectivity index (χ0) is 14.4. The Morgan fingerprint density at radius 2 is 1.40 bits per heavy atom. The molecule has 0 unspecified atom stereocenters. The van der Waals surface area contributed by atoms with Crippen molar-refractivity contribution in [3.63, 3.8) is 0 Å². The summed E-state index contributed by atoms with van der Waals surface area (Å²) in [5.74, 6) is 0. The number of para-hydroxylation sites is 1. The lowest BCUT2D eigenvalue weighted by Crippen LogP contribution is -2.05. The SMILES string of the molecule is CCOCC.O=c1[nH]c2ccccc2c2ccccc12. The van der Waals surface area contributed by atoms with Crippen molar-refractivity contribution in [2.75, 3.05) is 13.2 Å². The smallest absolute Gasteiger partial charge is 0.256 e. The van der Waals surface area contributed by atoms with Gasteiger partial charge in [-0.3, -0.25) is 4.79 Å². The van der Waals surface area contributed by atoms with Crippen molar-refractivity contribution in [3.8, 4) is 0 Å². The molecule has 3 aromatic rings. The Kier molecular flexibility index (Phi) is 4.91. The van der Waals surface area contributed by atoms with E-state index in [1.165, 1.54) is 0 Å². The first-order chi connectivity index (χ1) is 9.77. The van der Waals surface area contributed by atoms with Gasteiger partial charge in [-0.15, -0.1) is 0 Å². The van der Waals surface area contributed by atoms with Crippen LogP contribution in [-0.2, 0) is 4.74 Å². The van der Waals surface area contributed by atoms with Crippen LogP contribution >= 0.6 is 0 Å². The van der Waals surface area contributed by atoms with E-state index in [0.717, 1.165) is 34.9 Å². The molecule has 0 aliphatic carbocycles. The number of benzene rings is 2. The number of hydrogen-bond donors (Lipinski definition) is 1. The molecule has 3 heteroatoms. The molecule has 0 spiro atoms. The minimum absolute atomic E-state index is 0.0238. The van der Waals surface area contributed by atoms with Gasteiger partial charge in [0.1, 0.15) is 0 Å². The quantitative estimate of drug-likeness (QED) is 0.720. The van der Waals surface area contributed by atoms with Gasteiger partial charge in [0.25, 0.3) is 5.56 Å². The highest BCUT2D eigenvalue weighted by atomic mass is 16.5. The molecular weight excluding hydrogens is 250 g/mol. The van der Waals surface area contributed by atoms with E-state index >= 15 is 0 Å². The summed E-state index contributed by atoms with van der Waals surface area (Å²) in [6.45, 7) is 5.67. The molecule has 0 radical (unpaired) electrons. The second-order valence-corrected chi connectivity index (χ2v) is 4.33. The standard InChI is InChI=1S/C13H9NO.C4H10O/c15-13-11-7-2-1-5-9(11)10-6-3-4-8-12(10)14-13;1-3-5-4-2/h1-8H,(H,14,15);3-4H2,1-2H3. The monoisotopic (exact) mass is 269 g/mol. The summed E-state index contributed by atoms with van der Waals surface area (Å²) in [5.41, 5.74) is 0.866. The molecule has 0 bridgehead atoms. The maximum absolute atomic E-state index is 11.7. The van der Waals surface area contributed by atoms with Crippen LogP contribution in [0, 0.1) is 0 Å². The lowest BCUT2D eigenvalue weighted by molar-refractivity contribution is 0.162. The zero-order valence-corrected chi connectivity index (χ0v) is 11.8. The number of aromatic nitrogens is 1. The van der Waals surface area contributed by atoms with Crippen LogP contribution < -0.4 is 5.56 Å². The summed E-state index contributed by atoms with van der Waals surface area (Å²) in [6.07, 6.45) is 0. The first kappa shape index (κ1) is 14.3. The highest BCUT2D eigenvalue weighted by Gasteiger charge is 2.02. The normalized spacial score (nSPS) is 10.3. The number of pyridine rings is 1. The van der Waals surface area contributed by atoms with Crippen LogP contribution in [0.15, 0.2) is 53.3 Å². The minimum Gasteiger partial charge on any atom is -0.382 e. The lowest BCUT2D eigenvalue weighted by Gasteiger charge is -2.02. The number of ether oxygens (including phenoxy) is 1. The number of aromatic amines is 1. The van der Waals surface area contributed by atoms with Gasteiger partial charge in [0, 0.05) is 29.5 Å². The molecule has 0 saturated heterocycles. The van der Waals surface area contributed by atoms with Gasteiger partial charge in [-0.1, -0.05) is 36.4 Å². The third kappa shape index (κ3) is 3.06. The van der Waals surface area contributed by atoms with Crippen molar-refractivity contribution in [1.29, 1.82) is 0 Å². The van der Waals surface area contributed by atoms with Crippen molar-refractivity contribution in [2.24, 2.45) is 0 Å². The van der Waals surface area contributed by atoms with E-state index in [1.54, 1.807) is 0 Å². The van der Waals surface area contributed by atoms with Crippen molar-refractivity contribution < 1.29 is 4.74 Å². The third-order valence-corrected chi connectivity index (χ3v) is 3.05. The average molecular weight is 269 g/mol. The molecule has 0 aliphatic rings. The maximum atomic E-state index is 11.7. The van der Waals surface area contributed by atoms with E-state index in [4.69, 9.17) is 4.74 Å². The maximum Gasteiger partial charge on any atom is 0.256 e. The third-order valence-electron chi connectivity index (χ3n) is 3.05. The minimum atomic E-state index is -0.0238. The second kappa shape index (κ2) is 6.87. The highest BCUT2D eigenvalue weighted by molar-refractivity contribution is 6.04. The van der Waals surface area contributed by atoms with E-state index in [9.17, 15) is 4.79 Å². The fourth-order valence-corrected chi connectivity index (χ4v) is 2.14. The zero-order valence-electron chi connectivity index (χ0n) is 11.8. The van der Waals surface area contributed by atoms with E-state index in [-0.39, 0.29) is 5.56 Å². The molecule has 1 N–H and O–H groups in total. The van der Waals surface area contributed by atoms with Gasteiger partial charge >= 0.3 is 0 Å². The second-order valence-electron chi connectivity index (χ2n) is 4.33. The topological polar surface area (TPSA) is 42.1 Å². The molecule has 1 heterocycles. The Bertz CT molecular complexity index is 744. The highest BCUT2D eigenvalue weighted by Crippen LogP contribution is 2.19. The van der Waals surface area contributed by atoms with Crippen LogP contribution in [0.3, 0.4) is 0 Å². The summed E-state index contributed by atoms with van der Waals surface area (Å²) in [4.78, 5) is 14.6. The van der Waals surface area contributed by atoms with Crippen LogP contribution in [0.1, 0.15) is 13.8 Å². The van der Waals surface area contributed by atoms with Crippen LogP contribution in [-0.4, -0.2) is 18.2 Å². The first-order valence-corrected chi connectivity index (χ1v) is 6.85. The van der Waals surface area contributed by atoms with Crippen molar-refractivity contribution in [1.82, 2.24) is 4.98 Å². The van der Waals surface area contributed by atoms with Gasteiger partial charge in [0.2, 0.25) is 0 Å². The van der Waals surface area contributed by atoms with E-state index in [0.29, 0.717) is 0 Å². The molecule has 0 fully saturated rings. The largest absolute Gasteiger partial charge is 0.382 e. The van der Waals surface area contributed by atoms with E-state index in [1.807, 2.05) is 62.4 Å². The molecule has 3 nitrogen and oxygen atoms in total. The molecule has 0 saturated carbocycles. The number of rotatable bonds is 2. The summed E-state index contributed by atoms with van der Waals surface area (Å²) in [6, 6.07) is 15.5. The van der Waals surface area contributed by atoms with Crippen LogP contribution in [0.4, 0.5) is 0 Å². The Morgan fingerprint density at radius 1 is 0.850 bits per heavy atom. The van der Waals surface area contributed by atoms with Gasteiger partial charge in [0.05, 0.1) is 0 Å². The molecule has 104 valence electrons. The van der Waals surface area contributed by atoms with Gasteiger partial charge in [-0.2, -0.15) is 0 Å². The Morgan fingerprint density at radius 3 is 2.00 bits per heavy atom. The predicted octanol–water partition coefficient (Wildman–Crippen LogP) is 3.72. The summed E-state index contributed by atoms with van der Waals surface area (Å²) in [7, 11) is 0. The summed E-state index contributed by atoms with van der Waals surface area (Å²) >= 11 is 0. The first-order valence-electron chi connectivity index (χ1n) is 6.85. The molecular formula is C17H19NO2. The van der Waals surface area contributed by atoms with Crippen LogP contribution in [0.2, 0.25) is 0 Å². The molecule has 20 heavy (non-hydrogen) atoms. The van der Waals surface area contributed by atoms with Gasteiger partial charge in [0.15, 0.2) is 0 Å². The Labute approximate surface area is 118 Å². The van der Waals surface area contributed by atoms with E-state index < -0.39 is 0 Å². The van der Waals surface area contributed by atoms with Gasteiger partial charge in [-0.05, 0) is 31.4 Å². The summed E-state index contributed by atoms with van der Waals surface area (Å²) < 4.78 is 4.83. The van der Waals surface area contributed by atoms with Gasteiger partial charge in [-0.25, -0.2) is 0 Å². The number of fused-ring (bicyclic) bond motifs is 3. The van der Waals surface area contributed by atoms with Crippen molar-refractivity contribution >= 4 is 21.7 Å². The molecule has 0 atom stereocenters. The number of H-pyrrole nitrogens is 1. The van der Waals surface area contributed by atoms with Crippen molar-refractivity contribution in [3.05, 3.63) is 58.9 Å². The van der Waals surface area contributed by atoms with Crippen LogP contribution in [0.5, 0.6) is 0 Å². The summed E-state index contributed by atoms with van der Waals surface area (Å²) in [5, 5.41) is 2.85. The van der Waals surface area contributed by atoms with Gasteiger partial charge < -0.3 is 9.72 Å². The Balaban J connectivity index is 0.000000257.